The summed E-state index contributed by atoms with van der Waals surface area (Å²) < 4.78 is 33.6. The minimum atomic E-state index is -3.90. The molecule has 0 aliphatic carbocycles. The van der Waals surface area contributed by atoms with E-state index >= 15 is 0 Å². The van der Waals surface area contributed by atoms with E-state index in [0.29, 0.717) is 0 Å². The van der Waals surface area contributed by atoms with E-state index in [2.05, 4.69) is 9.98 Å². The van der Waals surface area contributed by atoms with Gasteiger partial charge in [-0.25, -0.2) is 9.53 Å². The van der Waals surface area contributed by atoms with Crippen molar-refractivity contribution < 1.29 is 17.6 Å². The van der Waals surface area contributed by atoms with E-state index in [4.69, 9.17) is 0 Å². The fourth-order valence-corrected chi connectivity index (χ4v) is 1.03. The first-order valence-corrected chi connectivity index (χ1v) is 5.18. The number of hydrogen-bond donors (Lipinski definition) is 2. The number of benzene rings is 1. The Kier molecular flexibility index (Phi) is 3.53. The fraction of sp³-hybridized carbons (Fsp3) is 0.143. The van der Waals surface area contributed by atoms with Crippen molar-refractivity contribution in [1.29, 1.82) is 0 Å². The van der Waals surface area contributed by atoms with Crippen molar-refractivity contribution in [3.05, 3.63) is 35.6 Å². The second-order valence-corrected chi connectivity index (χ2v) is 3.77. The molecule has 1 aromatic carbocycles. The summed E-state index contributed by atoms with van der Waals surface area (Å²) in [5.41, 5.74) is 0.239. The van der Waals surface area contributed by atoms with Crippen molar-refractivity contribution in [2.24, 2.45) is 5.14 Å². The lowest BCUT2D eigenvalue weighted by Crippen LogP contribution is -2.30. The van der Waals surface area contributed by atoms with Crippen LogP contribution in [-0.4, -0.2) is 8.42 Å². The number of nitrogens with one attached hydrogen (secondary N) is 1. The third-order valence-electron chi connectivity index (χ3n) is 1.36. The van der Waals surface area contributed by atoms with Gasteiger partial charge in [0.15, 0.2) is 0 Å². The van der Waals surface area contributed by atoms with Gasteiger partial charge in [-0.1, -0.05) is 23.1 Å². The molecule has 14 heavy (non-hydrogen) atoms. The zero-order valence-corrected chi connectivity index (χ0v) is 7.92. The standard InChI is InChI=1S/C7H9FN2O3S/c8-7-4-2-1-3-6(7)5-13-10-14(9,11)12/h1-4,10H,5H2,(H2,9,11,12). The van der Waals surface area contributed by atoms with Crippen molar-refractivity contribution in [3.63, 3.8) is 0 Å². The molecule has 0 saturated heterocycles. The molecular weight excluding hydrogens is 211 g/mol. The van der Waals surface area contributed by atoms with Gasteiger partial charge in [-0.15, -0.1) is 0 Å². The van der Waals surface area contributed by atoms with E-state index in [-0.39, 0.29) is 12.2 Å². The third-order valence-corrected chi connectivity index (χ3v) is 1.71. The zero-order chi connectivity index (χ0) is 10.6. The lowest BCUT2D eigenvalue weighted by molar-refractivity contribution is 0.0775. The van der Waals surface area contributed by atoms with Crippen LogP contribution in [0.3, 0.4) is 0 Å². The SMILES string of the molecule is NS(=O)(=O)NOCc1ccccc1F. The predicted octanol–water partition coefficient (Wildman–Crippen LogP) is 0.0504. The normalized spacial score (nSPS) is 11.6. The lowest BCUT2D eigenvalue weighted by Gasteiger charge is -2.03. The molecule has 7 heteroatoms. The highest BCUT2D eigenvalue weighted by Crippen LogP contribution is 2.06. The van der Waals surface area contributed by atoms with Crippen LogP contribution in [0, 0.1) is 5.82 Å². The first-order chi connectivity index (χ1) is 6.49. The minimum Gasteiger partial charge on any atom is -0.281 e. The Morgan fingerprint density at radius 2 is 2.07 bits per heavy atom. The Balaban J connectivity index is 2.51. The van der Waals surface area contributed by atoms with Crippen molar-refractivity contribution >= 4 is 10.2 Å². The van der Waals surface area contributed by atoms with Crippen LogP contribution in [0.25, 0.3) is 0 Å². The maximum absolute atomic E-state index is 12.9. The molecule has 0 aliphatic rings. The fourth-order valence-electron chi connectivity index (χ4n) is 0.805. The molecule has 0 radical (unpaired) electrons. The van der Waals surface area contributed by atoms with E-state index < -0.39 is 16.0 Å². The Bertz CT molecular complexity index is 407. The third kappa shape index (κ3) is 3.79. The van der Waals surface area contributed by atoms with Gasteiger partial charge in [0.1, 0.15) is 5.82 Å². The van der Waals surface area contributed by atoms with Gasteiger partial charge in [0.05, 0.1) is 6.61 Å². The van der Waals surface area contributed by atoms with Crippen LogP contribution in [-0.2, 0) is 21.7 Å². The van der Waals surface area contributed by atoms with Crippen LogP contribution < -0.4 is 10.0 Å². The number of rotatable bonds is 4. The topological polar surface area (TPSA) is 81.4 Å². The summed E-state index contributed by atoms with van der Waals surface area (Å²) in [6, 6.07) is 5.85. The molecule has 0 bridgehead atoms. The average Bonchev–Trinajstić information content (AvgIpc) is 2.06. The maximum atomic E-state index is 12.9. The second kappa shape index (κ2) is 4.47. The zero-order valence-electron chi connectivity index (χ0n) is 7.10. The van der Waals surface area contributed by atoms with Gasteiger partial charge in [-0.05, 0) is 6.07 Å². The van der Waals surface area contributed by atoms with E-state index in [1.54, 1.807) is 11.0 Å². The molecule has 5 nitrogen and oxygen atoms in total. The minimum absolute atomic E-state index is 0.219. The molecule has 0 atom stereocenters. The molecule has 1 aromatic rings. The Morgan fingerprint density at radius 1 is 1.43 bits per heavy atom. The van der Waals surface area contributed by atoms with Crippen molar-refractivity contribution in [2.75, 3.05) is 0 Å². The van der Waals surface area contributed by atoms with E-state index in [1.165, 1.54) is 18.2 Å². The molecule has 0 heterocycles. The summed E-state index contributed by atoms with van der Waals surface area (Å²) in [6.45, 7) is -0.219. The quantitative estimate of drug-likeness (QED) is 0.703. The van der Waals surface area contributed by atoms with E-state index in [0.717, 1.165) is 0 Å². The predicted molar refractivity (Wildman–Crippen MR) is 47.4 cm³/mol. The monoisotopic (exact) mass is 220 g/mol. The number of nitrogens with two attached hydrogens (primary N) is 1. The van der Waals surface area contributed by atoms with Crippen LogP contribution in [0.15, 0.2) is 24.3 Å². The van der Waals surface area contributed by atoms with E-state index in [1.807, 2.05) is 0 Å². The van der Waals surface area contributed by atoms with Gasteiger partial charge in [0.2, 0.25) is 0 Å². The smallest absolute Gasteiger partial charge is 0.281 e. The molecule has 1 rings (SSSR count). The average molecular weight is 220 g/mol. The van der Waals surface area contributed by atoms with Gasteiger partial charge >= 0.3 is 0 Å². The number of hydrogen-bond acceptors (Lipinski definition) is 3. The van der Waals surface area contributed by atoms with Gasteiger partial charge in [0, 0.05) is 5.56 Å². The van der Waals surface area contributed by atoms with Gasteiger partial charge < -0.3 is 0 Å². The highest BCUT2D eigenvalue weighted by atomic mass is 32.2. The lowest BCUT2D eigenvalue weighted by atomic mass is 10.2. The molecule has 0 aliphatic heterocycles. The molecule has 0 spiro atoms. The van der Waals surface area contributed by atoms with Gasteiger partial charge in [-0.3, -0.25) is 4.84 Å². The van der Waals surface area contributed by atoms with Gasteiger partial charge in [-0.2, -0.15) is 8.42 Å². The Morgan fingerprint density at radius 3 is 2.64 bits per heavy atom. The van der Waals surface area contributed by atoms with Crippen LogP contribution in [0.2, 0.25) is 0 Å². The number of halogens is 1. The molecule has 3 N–H and O–H groups in total. The van der Waals surface area contributed by atoms with Crippen LogP contribution in [0.1, 0.15) is 5.56 Å². The molecule has 0 unspecified atom stereocenters. The Hall–Kier alpha value is -1.02. The molecule has 0 fully saturated rings. The largest absolute Gasteiger partial charge is 0.296 e. The summed E-state index contributed by atoms with van der Waals surface area (Å²) >= 11 is 0. The van der Waals surface area contributed by atoms with Crippen molar-refractivity contribution in [3.8, 4) is 0 Å². The molecule has 0 amide bonds. The Labute approximate surface area is 80.8 Å². The van der Waals surface area contributed by atoms with Crippen LogP contribution in [0.4, 0.5) is 4.39 Å². The summed E-state index contributed by atoms with van der Waals surface area (Å²) in [6.07, 6.45) is 0. The maximum Gasteiger partial charge on any atom is 0.296 e. The molecule has 0 saturated carbocycles. The molecule has 0 aromatic heterocycles. The summed E-state index contributed by atoms with van der Waals surface area (Å²) in [5.74, 6) is -0.469. The first-order valence-electron chi connectivity index (χ1n) is 3.64. The van der Waals surface area contributed by atoms with Crippen molar-refractivity contribution in [1.82, 2.24) is 4.89 Å². The summed E-state index contributed by atoms with van der Waals surface area (Å²) in [4.78, 5) is 6.04. The van der Waals surface area contributed by atoms with Crippen molar-refractivity contribution in [2.45, 2.75) is 6.61 Å². The first kappa shape index (κ1) is 11.1. The highest BCUT2D eigenvalue weighted by molar-refractivity contribution is 7.87. The molecular formula is C7H9FN2O3S. The van der Waals surface area contributed by atoms with Gasteiger partial charge in [0.25, 0.3) is 10.2 Å². The summed E-state index contributed by atoms with van der Waals surface area (Å²) in [5, 5.41) is 4.58. The second-order valence-electron chi connectivity index (χ2n) is 2.51. The summed E-state index contributed by atoms with van der Waals surface area (Å²) in [7, 11) is -3.90. The van der Waals surface area contributed by atoms with Crippen LogP contribution >= 0.6 is 0 Å². The molecule has 78 valence electrons. The highest BCUT2D eigenvalue weighted by Gasteiger charge is 2.03. The van der Waals surface area contributed by atoms with Crippen LogP contribution in [0.5, 0.6) is 0 Å². The van der Waals surface area contributed by atoms with E-state index in [9.17, 15) is 12.8 Å².